The second kappa shape index (κ2) is 5.05. The highest BCUT2D eigenvalue weighted by atomic mass is 79.9. The van der Waals surface area contributed by atoms with Gasteiger partial charge in [0.25, 0.3) is 0 Å². The maximum absolute atomic E-state index is 12.8. The zero-order valence-corrected chi connectivity index (χ0v) is 16.3. The Bertz CT molecular complexity index is 634. The van der Waals surface area contributed by atoms with E-state index in [0.29, 0.717) is 14.5 Å². The van der Waals surface area contributed by atoms with Crippen molar-refractivity contribution in [1.29, 1.82) is 0 Å². The van der Waals surface area contributed by atoms with Crippen LogP contribution >= 0.6 is 47.8 Å². The van der Waals surface area contributed by atoms with Crippen LogP contribution in [0.25, 0.3) is 0 Å². The minimum atomic E-state index is -3.40. The second-order valence-corrected chi connectivity index (χ2v) is 10.7. The molecule has 3 nitrogen and oxygen atoms in total. The van der Waals surface area contributed by atoms with Crippen LogP contribution in [0.5, 0.6) is 0 Å². The lowest BCUT2D eigenvalue weighted by Gasteiger charge is -2.24. The van der Waals surface area contributed by atoms with E-state index in [2.05, 4.69) is 47.8 Å². The monoisotopic (exact) mass is 485 g/mol. The van der Waals surface area contributed by atoms with Crippen LogP contribution in [0.1, 0.15) is 19.8 Å². The van der Waals surface area contributed by atoms with Gasteiger partial charge >= 0.3 is 0 Å². The second-order valence-electron chi connectivity index (χ2n) is 5.60. The van der Waals surface area contributed by atoms with Crippen molar-refractivity contribution >= 4 is 57.8 Å². The predicted molar refractivity (Wildman–Crippen MR) is 90.0 cm³/mol. The van der Waals surface area contributed by atoms with E-state index in [1.54, 1.807) is 28.6 Å². The normalized spacial score (nSPS) is 40.2. The Balaban J connectivity index is 1.93. The molecule has 1 saturated carbocycles. The first-order valence-electron chi connectivity index (χ1n) is 6.35. The number of benzene rings is 1. The summed E-state index contributed by atoms with van der Waals surface area (Å²) in [7, 11) is -3.40. The zero-order valence-electron chi connectivity index (χ0n) is 10.8. The summed E-state index contributed by atoms with van der Waals surface area (Å²) in [6, 6.07) is 6.95. The molecule has 3 unspecified atom stereocenters. The molecule has 1 aromatic rings. The third kappa shape index (κ3) is 2.33. The fraction of sp³-hybridized carbons (Fsp3) is 0.538. The number of fused-ring (bicyclic) bond motifs is 1. The smallest absolute Gasteiger partial charge is 0.207 e. The van der Waals surface area contributed by atoms with Crippen molar-refractivity contribution in [3.63, 3.8) is 0 Å². The lowest BCUT2D eigenvalue weighted by molar-refractivity contribution is 0.480. The molecule has 0 aromatic heterocycles. The average Bonchev–Trinajstić information content (AvgIpc) is 2.95. The molecule has 3 rings (SSSR count). The molecule has 7 heteroatoms. The van der Waals surface area contributed by atoms with Gasteiger partial charge in [-0.3, -0.25) is 0 Å². The number of alkyl halides is 2. The summed E-state index contributed by atoms with van der Waals surface area (Å²) >= 11 is 10.6. The van der Waals surface area contributed by atoms with Crippen LogP contribution < -0.4 is 0 Å². The number of nitrogens with zero attached hydrogens (tertiary/aromatic N) is 1. The van der Waals surface area contributed by atoms with Crippen LogP contribution in [0, 0.1) is 0 Å². The molecule has 1 aliphatic heterocycles. The molecular weight excluding hydrogens is 474 g/mol. The maximum atomic E-state index is 12.8. The van der Waals surface area contributed by atoms with Gasteiger partial charge in [0.15, 0.2) is 0 Å². The predicted octanol–water partition coefficient (Wildman–Crippen LogP) is 3.90. The Morgan fingerprint density at radius 1 is 1.20 bits per heavy atom. The summed E-state index contributed by atoms with van der Waals surface area (Å²) in [5.74, 6) is 0. The molecule has 110 valence electrons. The van der Waals surface area contributed by atoms with E-state index < -0.39 is 10.0 Å². The van der Waals surface area contributed by atoms with Gasteiger partial charge in [-0.1, -0.05) is 47.8 Å². The molecule has 1 saturated heterocycles. The minimum Gasteiger partial charge on any atom is -0.207 e. The highest BCUT2D eigenvalue weighted by molar-refractivity contribution is 9.12. The van der Waals surface area contributed by atoms with Crippen molar-refractivity contribution in [2.75, 3.05) is 0 Å². The summed E-state index contributed by atoms with van der Waals surface area (Å²) in [5, 5.41) is 0. The van der Waals surface area contributed by atoms with E-state index in [4.69, 9.17) is 0 Å². The average molecular weight is 488 g/mol. The lowest BCUT2D eigenvalue weighted by Crippen LogP contribution is -2.31. The minimum absolute atomic E-state index is 0.106. The molecule has 1 aliphatic carbocycles. The van der Waals surface area contributed by atoms with Gasteiger partial charge in [-0.2, -0.15) is 4.31 Å². The number of rotatable bonds is 2. The Labute approximate surface area is 144 Å². The molecular formula is C13H14Br3NO2S. The molecule has 0 N–H and O–H groups in total. The number of hydrogen-bond donors (Lipinski definition) is 0. The maximum Gasteiger partial charge on any atom is 0.243 e. The summed E-state index contributed by atoms with van der Waals surface area (Å²) in [6.07, 6.45) is 1.69. The van der Waals surface area contributed by atoms with E-state index in [0.717, 1.165) is 17.3 Å². The van der Waals surface area contributed by atoms with Gasteiger partial charge in [0.05, 0.1) is 10.4 Å². The topological polar surface area (TPSA) is 37.1 Å². The van der Waals surface area contributed by atoms with Crippen molar-refractivity contribution in [2.45, 2.75) is 45.9 Å². The highest BCUT2D eigenvalue weighted by Crippen LogP contribution is 2.56. The molecule has 1 aromatic carbocycles. The quantitative estimate of drug-likeness (QED) is 0.468. The first kappa shape index (κ1) is 15.5. The van der Waals surface area contributed by atoms with Crippen LogP contribution in [0.15, 0.2) is 33.6 Å². The molecule has 2 aliphatic rings. The van der Waals surface area contributed by atoms with E-state index >= 15 is 0 Å². The van der Waals surface area contributed by atoms with Gasteiger partial charge < -0.3 is 0 Å². The van der Waals surface area contributed by atoms with Crippen LogP contribution in [0.4, 0.5) is 0 Å². The van der Waals surface area contributed by atoms with Crippen molar-refractivity contribution in [1.82, 2.24) is 4.31 Å². The zero-order chi connectivity index (χ0) is 14.7. The third-order valence-electron chi connectivity index (χ3n) is 4.26. The van der Waals surface area contributed by atoms with Gasteiger partial charge in [-0.25, -0.2) is 8.42 Å². The largest absolute Gasteiger partial charge is 0.243 e. The van der Waals surface area contributed by atoms with E-state index in [-0.39, 0.29) is 11.6 Å². The van der Waals surface area contributed by atoms with Gasteiger partial charge in [-0.05, 0) is 44.0 Å². The van der Waals surface area contributed by atoms with Gasteiger partial charge in [0.1, 0.15) is 0 Å². The fourth-order valence-corrected chi connectivity index (χ4v) is 6.82. The summed E-state index contributed by atoms with van der Waals surface area (Å²) in [4.78, 5) is 1.01. The van der Waals surface area contributed by atoms with E-state index in [9.17, 15) is 8.42 Å². The summed E-state index contributed by atoms with van der Waals surface area (Å²) in [5.41, 5.74) is -0.246. The summed E-state index contributed by atoms with van der Waals surface area (Å²) in [6.45, 7) is 2.04. The number of hydrogen-bond acceptors (Lipinski definition) is 2. The summed E-state index contributed by atoms with van der Waals surface area (Å²) < 4.78 is 28.1. The van der Waals surface area contributed by atoms with E-state index in [1.807, 2.05) is 6.92 Å². The lowest BCUT2D eigenvalue weighted by atomic mass is 9.91. The van der Waals surface area contributed by atoms with Gasteiger partial charge in [0.2, 0.25) is 10.0 Å². The van der Waals surface area contributed by atoms with Crippen molar-refractivity contribution in [2.24, 2.45) is 0 Å². The molecule has 0 radical (unpaired) electrons. The Morgan fingerprint density at radius 3 is 2.35 bits per heavy atom. The molecule has 0 amide bonds. The van der Waals surface area contributed by atoms with Gasteiger partial charge in [-0.15, -0.1) is 0 Å². The van der Waals surface area contributed by atoms with Crippen molar-refractivity contribution in [3.05, 3.63) is 28.7 Å². The molecule has 0 bridgehead atoms. The Kier molecular flexibility index (Phi) is 3.90. The van der Waals surface area contributed by atoms with Crippen LogP contribution in [-0.2, 0) is 10.0 Å². The third-order valence-corrected chi connectivity index (χ3v) is 9.53. The fourth-order valence-electron chi connectivity index (χ4n) is 3.09. The SMILES string of the molecule is CC12C[C@H](Br)[C@@H](Br)CC1N2S(=O)(=O)c1ccc(Br)cc1. The van der Waals surface area contributed by atoms with Crippen LogP contribution in [0.3, 0.4) is 0 Å². The standard InChI is InChI=1S/C13H14Br3NO2S/c1-13-7-11(16)10(15)6-12(13)17(13)20(18,19)9-4-2-8(14)3-5-9/h2-5,10-12H,6-7H2,1H3/t10-,11-,12?,13?,17?/m0/s1. The first-order chi connectivity index (χ1) is 9.26. The molecule has 5 atom stereocenters. The van der Waals surface area contributed by atoms with Crippen molar-refractivity contribution in [3.8, 4) is 0 Å². The van der Waals surface area contributed by atoms with Crippen LogP contribution in [0.2, 0.25) is 0 Å². The van der Waals surface area contributed by atoms with E-state index in [1.165, 1.54) is 0 Å². The Hall–Kier alpha value is 0.570. The Morgan fingerprint density at radius 2 is 1.80 bits per heavy atom. The molecule has 1 heterocycles. The van der Waals surface area contributed by atoms with Crippen molar-refractivity contribution < 1.29 is 8.42 Å². The molecule has 0 spiro atoms. The number of halogens is 3. The molecule has 2 fully saturated rings. The van der Waals surface area contributed by atoms with Crippen LogP contribution in [-0.4, -0.2) is 34.0 Å². The number of sulfonamides is 1. The first-order valence-corrected chi connectivity index (χ1v) is 10.4. The highest BCUT2D eigenvalue weighted by Gasteiger charge is 2.68. The van der Waals surface area contributed by atoms with Gasteiger partial charge in [0, 0.05) is 20.2 Å². The molecule has 20 heavy (non-hydrogen) atoms.